The Morgan fingerprint density at radius 2 is 1.74 bits per heavy atom. The second-order valence-electron chi connectivity index (χ2n) is 11.6. The first-order valence-electron chi connectivity index (χ1n) is 13.8. The lowest BCUT2D eigenvalue weighted by molar-refractivity contribution is -0.0357. The van der Waals surface area contributed by atoms with E-state index in [1.807, 2.05) is 69.3 Å². The summed E-state index contributed by atoms with van der Waals surface area (Å²) in [5, 5.41) is 21.8. The summed E-state index contributed by atoms with van der Waals surface area (Å²) in [7, 11) is 0. The van der Waals surface area contributed by atoms with Gasteiger partial charge in [0.1, 0.15) is 24.0 Å². The zero-order valence-electron chi connectivity index (χ0n) is 23.0. The van der Waals surface area contributed by atoms with E-state index in [1.165, 1.54) is 0 Å². The number of amides is 1. The van der Waals surface area contributed by atoms with Gasteiger partial charge in [-0.3, -0.25) is 4.90 Å². The molecule has 2 aromatic rings. The van der Waals surface area contributed by atoms with Crippen molar-refractivity contribution in [3.8, 4) is 11.8 Å². The van der Waals surface area contributed by atoms with E-state index in [0.29, 0.717) is 37.6 Å². The Labute approximate surface area is 227 Å². The molecular formula is C31H41N3O4. The lowest BCUT2D eigenvalue weighted by Gasteiger charge is -2.43. The Morgan fingerprint density at radius 1 is 1.05 bits per heavy atom. The Balaban J connectivity index is 1.49. The fourth-order valence-corrected chi connectivity index (χ4v) is 5.51. The highest BCUT2D eigenvalue weighted by molar-refractivity contribution is 5.68. The number of hydrogen-bond acceptors (Lipinski definition) is 6. The molecule has 1 aliphatic heterocycles. The van der Waals surface area contributed by atoms with Crippen molar-refractivity contribution >= 4 is 6.09 Å². The standard InChI is InChI=1S/C31H41N3O4/c1-30(2,3)38-29(35)34-18-16-33(17-19-34)22-27(31(36)14-8-5-9-15-31)25-12-13-28(26(20-25)21-32)37-23-24-10-6-4-7-11-24/h4,6-7,10-13,20,27,36H,5,8-9,14-19,22-23H2,1-3H3. The number of aliphatic hydroxyl groups is 1. The molecule has 2 aromatic carbocycles. The summed E-state index contributed by atoms with van der Waals surface area (Å²) in [5.74, 6) is 0.423. The summed E-state index contributed by atoms with van der Waals surface area (Å²) in [4.78, 5) is 16.6. The van der Waals surface area contributed by atoms with Crippen LogP contribution in [0, 0.1) is 11.3 Å². The third-order valence-electron chi connectivity index (χ3n) is 7.60. The van der Waals surface area contributed by atoms with Crippen molar-refractivity contribution in [2.75, 3.05) is 32.7 Å². The van der Waals surface area contributed by atoms with Crippen LogP contribution >= 0.6 is 0 Å². The molecule has 2 fully saturated rings. The normalized spacial score (nSPS) is 18.9. The van der Waals surface area contributed by atoms with Crippen molar-refractivity contribution < 1.29 is 19.4 Å². The van der Waals surface area contributed by atoms with Crippen molar-refractivity contribution in [2.45, 2.75) is 76.6 Å². The smallest absolute Gasteiger partial charge is 0.410 e. The number of nitrogens with zero attached hydrogens (tertiary/aromatic N) is 3. The van der Waals surface area contributed by atoms with Crippen molar-refractivity contribution in [3.63, 3.8) is 0 Å². The molecule has 1 heterocycles. The maximum absolute atomic E-state index is 12.5. The molecule has 0 spiro atoms. The number of nitriles is 1. The maximum atomic E-state index is 12.5. The lowest BCUT2D eigenvalue weighted by Crippen LogP contribution is -2.52. The van der Waals surface area contributed by atoms with Crippen LogP contribution in [-0.2, 0) is 11.3 Å². The third kappa shape index (κ3) is 7.27. The van der Waals surface area contributed by atoms with Gasteiger partial charge in [0.25, 0.3) is 0 Å². The van der Waals surface area contributed by atoms with Gasteiger partial charge in [0, 0.05) is 38.6 Å². The van der Waals surface area contributed by atoms with E-state index in [1.54, 1.807) is 4.90 Å². The number of piperazine rings is 1. The van der Waals surface area contributed by atoms with Gasteiger partial charge in [-0.2, -0.15) is 5.26 Å². The van der Waals surface area contributed by atoms with Crippen LogP contribution < -0.4 is 4.74 Å². The number of carbonyl (C=O) groups is 1. The summed E-state index contributed by atoms with van der Waals surface area (Å²) in [6, 6.07) is 18.0. The number of ether oxygens (including phenoxy) is 2. The van der Waals surface area contributed by atoms with Crippen LogP contribution in [0.25, 0.3) is 0 Å². The Hall–Kier alpha value is -3.08. The second kappa shape index (κ2) is 12.2. The molecule has 7 nitrogen and oxygen atoms in total. The van der Waals surface area contributed by atoms with Crippen LogP contribution in [0.15, 0.2) is 48.5 Å². The highest BCUT2D eigenvalue weighted by Gasteiger charge is 2.40. The van der Waals surface area contributed by atoms with Gasteiger partial charge in [0.05, 0.1) is 11.2 Å². The molecular weight excluding hydrogens is 478 g/mol. The van der Waals surface area contributed by atoms with Crippen molar-refractivity contribution in [1.82, 2.24) is 9.80 Å². The minimum absolute atomic E-state index is 0.133. The van der Waals surface area contributed by atoms with Gasteiger partial charge in [0.15, 0.2) is 0 Å². The number of rotatable bonds is 7. The summed E-state index contributed by atoms with van der Waals surface area (Å²) in [6.07, 6.45) is 4.38. The maximum Gasteiger partial charge on any atom is 0.410 e. The molecule has 0 radical (unpaired) electrons. The highest BCUT2D eigenvalue weighted by Crippen LogP contribution is 2.41. The zero-order valence-corrected chi connectivity index (χ0v) is 23.0. The van der Waals surface area contributed by atoms with Gasteiger partial charge in [0.2, 0.25) is 0 Å². The molecule has 7 heteroatoms. The van der Waals surface area contributed by atoms with Crippen molar-refractivity contribution in [3.05, 3.63) is 65.2 Å². The molecule has 1 aliphatic carbocycles. The van der Waals surface area contributed by atoms with Crippen molar-refractivity contribution in [2.24, 2.45) is 0 Å². The first-order valence-corrected chi connectivity index (χ1v) is 13.8. The van der Waals surface area contributed by atoms with Gasteiger partial charge in [-0.25, -0.2) is 4.79 Å². The number of hydrogen-bond donors (Lipinski definition) is 1. The molecule has 204 valence electrons. The molecule has 1 atom stereocenters. The van der Waals surface area contributed by atoms with Crippen LogP contribution in [0.2, 0.25) is 0 Å². The predicted molar refractivity (Wildman–Crippen MR) is 147 cm³/mol. The van der Waals surface area contributed by atoms with E-state index in [2.05, 4.69) is 11.0 Å². The van der Waals surface area contributed by atoms with E-state index in [0.717, 1.165) is 56.3 Å². The molecule has 0 bridgehead atoms. The lowest BCUT2D eigenvalue weighted by atomic mass is 9.72. The van der Waals surface area contributed by atoms with E-state index in [4.69, 9.17) is 9.47 Å². The average Bonchev–Trinajstić information content (AvgIpc) is 2.91. The van der Waals surface area contributed by atoms with Crippen LogP contribution in [0.5, 0.6) is 5.75 Å². The van der Waals surface area contributed by atoms with Crippen LogP contribution in [0.3, 0.4) is 0 Å². The third-order valence-corrected chi connectivity index (χ3v) is 7.60. The van der Waals surface area contributed by atoms with Gasteiger partial charge >= 0.3 is 6.09 Å². The number of carbonyl (C=O) groups excluding carboxylic acids is 1. The average molecular weight is 520 g/mol. The SMILES string of the molecule is CC(C)(C)OC(=O)N1CCN(CC(c2ccc(OCc3ccccc3)c(C#N)c2)C2(O)CCCCC2)CC1. The molecule has 0 aromatic heterocycles. The molecule has 1 saturated carbocycles. The van der Waals surface area contributed by atoms with Gasteiger partial charge in [-0.1, -0.05) is 55.7 Å². The Bertz CT molecular complexity index is 1110. The first-order chi connectivity index (χ1) is 18.2. The van der Waals surface area contributed by atoms with E-state index in [9.17, 15) is 15.2 Å². The monoisotopic (exact) mass is 519 g/mol. The summed E-state index contributed by atoms with van der Waals surface area (Å²) in [6.45, 7) is 9.33. The topological polar surface area (TPSA) is 86.0 Å². The van der Waals surface area contributed by atoms with Crippen LogP contribution in [-0.4, -0.2) is 64.9 Å². The van der Waals surface area contributed by atoms with Crippen LogP contribution in [0.1, 0.15) is 75.5 Å². The fourth-order valence-electron chi connectivity index (χ4n) is 5.51. The molecule has 1 amide bonds. The molecule has 4 rings (SSSR count). The van der Waals surface area contributed by atoms with Crippen molar-refractivity contribution in [1.29, 1.82) is 5.26 Å². The van der Waals surface area contributed by atoms with E-state index < -0.39 is 11.2 Å². The minimum atomic E-state index is -0.820. The zero-order chi connectivity index (χ0) is 27.2. The largest absolute Gasteiger partial charge is 0.488 e. The van der Waals surface area contributed by atoms with Crippen LogP contribution in [0.4, 0.5) is 4.79 Å². The highest BCUT2D eigenvalue weighted by atomic mass is 16.6. The first kappa shape index (κ1) is 27.9. The number of benzene rings is 2. The fraction of sp³-hybridized carbons (Fsp3) is 0.548. The predicted octanol–water partition coefficient (Wildman–Crippen LogP) is 5.47. The summed E-state index contributed by atoms with van der Waals surface area (Å²) < 4.78 is 11.5. The molecule has 2 aliphatic rings. The Kier molecular flexibility index (Phi) is 8.96. The summed E-state index contributed by atoms with van der Waals surface area (Å²) in [5.41, 5.74) is 1.16. The van der Waals surface area contributed by atoms with E-state index in [-0.39, 0.29) is 12.0 Å². The van der Waals surface area contributed by atoms with Gasteiger partial charge < -0.3 is 19.5 Å². The second-order valence-corrected chi connectivity index (χ2v) is 11.6. The quantitative estimate of drug-likeness (QED) is 0.522. The van der Waals surface area contributed by atoms with Gasteiger partial charge in [-0.15, -0.1) is 0 Å². The molecule has 38 heavy (non-hydrogen) atoms. The minimum Gasteiger partial charge on any atom is -0.488 e. The van der Waals surface area contributed by atoms with E-state index >= 15 is 0 Å². The Morgan fingerprint density at radius 3 is 2.37 bits per heavy atom. The molecule has 1 saturated heterocycles. The molecule has 1 N–H and O–H groups in total. The van der Waals surface area contributed by atoms with Gasteiger partial charge in [-0.05, 0) is 56.9 Å². The molecule has 1 unspecified atom stereocenters. The summed E-state index contributed by atoms with van der Waals surface area (Å²) >= 11 is 0.